The van der Waals surface area contributed by atoms with Gasteiger partial charge < -0.3 is 9.84 Å². The Bertz CT molecular complexity index is 641. The second-order valence-electron chi connectivity index (χ2n) is 3.98. The first-order chi connectivity index (χ1) is 8.97. The summed E-state index contributed by atoms with van der Waals surface area (Å²) in [5.74, 6) is -1.29. The Morgan fingerprint density at radius 3 is 2.53 bits per heavy atom. The molecule has 0 unspecified atom stereocenters. The number of carbonyl (C=O) groups is 1. The third-order valence-corrected chi connectivity index (χ3v) is 3.10. The molecule has 0 aromatic heterocycles. The third kappa shape index (κ3) is 3.12. The minimum absolute atomic E-state index is 0.0958. The number of rotatable bonds is 3. The monoisotopic (exact) mass is 324 g/mol. The van der Waals surface area contributed by atoms with Gasteiger partial charge in [-0.05, 0) is 58.7 Å². The van der Waals surface area contributed by atoms with Crippen LogP contribution in [0, 0.1) is 12.7 Å². The first-order valence-electron chi connectivity index (χ1n) is 5.44. The Morgan fingerprint density at radius 2 is 1.89 bits per heavy atom. The highest BCUT2D eigenvalue weighted by atomic mass is 79.9. The van der Waals surface area contributed by atoms with Crippen molar-refractivity contribution in [2.75, 3.05) is 0 Å². The van der Waals surface area contributed by atoms with Gasteiger partial charge in [0.05, 0.1) is 4.47 Å². The summed E-state index contributed by atoms with van der Waals surface area (Å²) < 4.78 is 19.3. The molecule has 98 valence electrons. The maximum atomic E-state index is 13.1. The van der Waals surface area contributed by atoms with Crippen LogP contribution in [0.5, 0.6) is 11.5 Å². The van der Waals surface area contributed by atoms with Crippen molar-refractivity contribution < 1.29 is 19.0 Å². The van der Waals surface area contributed by atoms with Gasteiger partial charge in [-0.15, -0.1) is 0 Å². The van der Waals surface area contributed by atoms with Crippen LogP contribution in [0.1, 0.15) is 15.9 Å². The summed E-state index contributed by atoms with van der Waals surface area (Å²) in [6.07, 6.45) is 0. The van der Waals surface area contributed by atoms with Crippen LogP contribution in [0.4, 0.5) is 4.39 Å². The van der Waals surface area contributed by atoms with E-state index in [-0.39, 0.29) is 11.3 Å². The number of halogens is 2. The van der Waals surface area contributed by atoms with Crippen molar-refractivity contribution in [1.29, 1.82) is 0 Å². The smallest absolute Gasteiger partial charge is 0.339 e. The molecule has 0 atom stereocenters. The number of hydrogen-bond acceptors (Lipinski definition) is 2. The number of ether oxygens (including phenoxy) is 1. The molecule has 19 heavy (non-hydrogen) atoms. The van der Waals surface area contributed by atoms with Crippen LogP contribution in [0.25, 0.3) is 0 Å². The van der Waals surface area contributed by atoms with E-state index in [2.05, 4.69) is 15.9 Å². The van der Waals surface area contributed by atoms with Crippen LogP contribution in [0.3, 0.4) is 0 Å². The number of aryl methyl sites for hydroxylation is 1. The summed E-state index contributed by atoms with van der Waals surface area (Å²) >= 11 is 3.33. The first kappa shape index (κ1) is 13.5. The normalized spacial score (nSPS) is 10.3. The third-order valence-electron chi connectivity index (χ3n) is 2.48. The SMILES string of the molecule is Cc1ccc(Oc2ccc(F)cc2C(=O)O)c(Br)c1. The summed E-state index contributed by atoms with van der Waals surface area (Å²) in [5, 5.41) is 9.02. The molecule has 0 saturated carbocycles. The second-order valence-corrected chi connectivity index (χ2v) is 4.84. The lowest BCUT2D eigenvalue weighted by Gasteiger charge is -2.10. The molecule has 0 spiro atoms. The Hall–Kier alpha value is -1.88. The maximum Gasteiger partial charge on any atom is 0.339 e. The molecule has 0 aliphatic carbocycles. The Labute approximate surface area is 117 Å². The summed E-state index contributed by atoms with van der Waals surface area (Å²) in [6, 6.07) is 8.78. The Morgan fingerprint density at radius 1 is 1.21 bits per heavy atom. The minimum atomic E-state index is -1.24. The van der Waals surface area contributed by atoms with Gasteiger partial charge in [-0.1, -0.05) is 6.07 Å². The van der Waals surface area contributed by atoms with E-state index in [1.165, 1.54) is 6.07 Å². The zero-order valence-electron chi connectivity index (χ0n) is 9.98. The highest BCUT2D eigenvalue weighted by Gasteiger charge is 2.14. The van der Waals surface area contributed by atoms with E-state index in [0.717, 1.165) is 17.7 Å². The molecule has 3 nitrogen and oxygen atoms in total. The predicted molar refractivity (Wildman–Crippen MR) is 72.3 cm³/mol. The Kier molecular flexibility index (Phi) is 3.85. The second kappa shape index (κ2) is 5.40. The molecule has 0 bridgehead atoms. The number of benzene rings is 2. The fourth-order valence-electron chi connectivity index (χ4n) is 1.57. The van der Waals surface area contributed by atoms with Gasteiger partial charge in [-0.2, -0.15) is 0 Å². The summed E-state index contributed by atoms with van der Waals surface area (Å²) in [4.78, 5) is 11.0. The zero-order chi connectivity index (χ0) is 14.0. The van der Waals surface area contributed by atoms with Gasteiger partial charge in [0.15, 0.2) is 0 Å². The average Bonchev–Trinajstić information content (AvgIpc) is 2.34. The van der Waals surface area contributed by atoms with Crippen LogP contribution in [0.15, 0.2) is 40.9 Å². The average molecular weight is 325 g/mol. The largest absolute Gasteiger partial charge is 0.478 e. The molecular formula is C14H10BrFO3. The summed E-state index contributed by atoms with van der Waals surface area (Å²) in [6.45, 7) is 1.93. The highest BCUT2D eigenvalue weighted by molar-refractivity contribution is 9.10. The van der Waals surface area contributed by atoms with Gasteiger partial charge in [0.2, 0.25) is 0 Å². The van der Waals surface area contributed by atoms with Crippen molar-refractivity contribution in [3.8, 4) is 11.5 Å². The molecule has 0 radical (unpaired) electrons. The van der Waals surface area contributed by atoms with Crippen LogP contribution >= 0.6 is 15.9 Å². The van der Waals surface area contributed by atoms with Gasteiger partial charge in [-0.3, -0.25) is 0 Å². The lowest BCUT2D eigenvalue weighted by atomic mass is 10.2. The molecule has 0 amide bonds. The van der Waals surface area contributed by atoms with Crippen LogP contribution < -0.4 is 4.74 Å². The lowest BCUT2D eigenvalue weighted by Crippen LogP contribution is -2.01. The highest BCUT2D eigenvalue weighted by Crippen LogP contribution is 2.32. The quantitative estimate of drug-likeness (QED) is 0.910. The molecule has 2 aromatic carbocycles. The van der Waals surface area contributed by atoms with Crippen molar-refractivity contribution in [1.82, 2.24) is 0 Å². The van der Waals surface area contributed by atoms with E-state index < -0.39 is 11.8 Å². The van der Waals surface area contributed by atoms with Gasteiger partial charge in [-0.25, -0.2) is 9.18 Å². The van der Waals surface area contributed by atoms with E-state index in [1.807, 2.05) is 19.1 Å². The van der Waals surface area contributed by atoms with E-state index in [1.54, 1.807) is 6.07 Å². The van der Waals surface area contributed by atoms with Gasteiger partial charge in [0.1, 0.15) is 22.9 Å². The van der Waals surface area contributed by atoms with E-state index in [9.17, 15) is 9.18 Å². The minimum Gasteiger partial charge on any atom is -0.478 e. The van der Waals surface area contributed by atoms with Gasteiger partial charge in [0.25, 0.3) is 0 Å². The maximum absolute atomic E-state index is 13.1. The molecule has 0 fully saturated rings. The van der Waals surface area contributed by atoms with E-state index in [0.29, 0.717) is 10.2 Å². The summed E-state index contributed by atoms with van der Waals surface area (Å²) in [5.41, 5.74) is 0.823. The zero-order valence-corrected chi connectivity index (χ0v) is 11.6. The van der Waals surface area contributed by atoms with Gasteiger partial charge >= 0.3 is 5.97 Å². The fourth-order valence-corrected chi connectivity index (χ4v) is 2.14. The van der Waals surface area contributed by atoms with Crippen molar-refractivity contribution in [2.24, 2.45) is 0 Å². The van der Waals surface area contributed by atoms with Crippen molar-refractivity contribution in [2.45, 2.75) is 6.92 Å². The predicted octanol–water partition coefficient (Wildman–Crippen LogP) is 4.39. The first-order valence-corrected chi connectivity index (χ1v) is 6.23. The molecule has 0 aliphatic rings. The van der Waals surface area contributed by atoms with E-state index >= 15 is 0 Å². The molecule has 2 aromatic rings. The van der Waals surface area contributed by atoms with Crippen LogP contribution in [-0.2, 0) is 0 Å². The summed E-state index contributed by atoms with van der Waals surface area (Å²) in [7, 11) is 0. The van der Waals surface area contributed by atoms with Crippen LogP contribution in [0.2, 0.25) is 0 Å². The molecule has 5 heteroatoms. The molecule has 0 saturated heterocycles. The van der Waals surface area contributed by atoms with Crippen molar-refractivity contribution >= 4 is 21.9 Å². The number of carboxylic acid groups (broad SMARTS) is 1. The molecular weight excluding hydrogens is 315 g/mol. The molecule has 1 N–H and O–H groups in total. The van der Waals surface area contributed by atoms with Crippen molar-refractivity contribution in [3.05, 3.63) is 57.8 Å². The lowest BCUT2D eigenvalue weighted by molar-refractivity contribution is 0.0693. The molecule has 2 rings (SSSR count). The van der Waals surface area contributed by atoms with Gasteiger partial charge in [0, 0.05) is 0 Å². The molecule has 0 aliphatic heterocycles. The number of hydrogen-bond donors (Lipinski definition) is 1. The Balaban J connectivity index is 2.40. The fraction of sp³-hybridized carbons (Fsp3) is 0.0714. The molecule has 0 heterocycles. The van der Waals surface area contributed by atoms with E-state index in [4.69, 9.17) is 9.84 Å². The standard InChI is InChI=1S/C14H10BrFO3/c1-8-2-4-13(11(15)6-8)19-12-5-3-9(16)7-10(12)14(17)18/h2-7H,1H3,(H,17,18). The number of carboxylic acids is 1. The topological polar surface area (TPSA) is 46.5 Å². The van der Waals surface area contributed by atoms with Crippen molar-refractivity contribution in [3.63, 3.8) is 0 Å². The number of aromatic carboxylic acids is 1. The van der Waals surface area contributed by atoms with Crippen LogP contribution in [-0.4, -0.2) is 11.1 Å².